The van der Waals surface area contributed by atoms with E-state index in [1.807, 2.05) is 10.9 Å². The summed E-state index contributed by atoms with van der Waals surface area (Å²) in [7, 11) is 2.12. The van der Waals surface area contributed by atoms with Crippen LogP contribution in [-0.4, -0.2) is 56.8 Å². The number of aromatic nitrogens is 4. The number of carbonyl (C=O) groups excluding carboxylic acids is 1. The maximum Gasteiger partial charge on any atom is 0.262 e. The number of halogens is 3. The molecule has 35 heavy (non-hydrogen) atoms. The van der Waals surface area contributed by atoms with Crippen molar-refractivity contribution in [2.45, 2.75) is 37.8 Å². The Bertz CT molecular complexity index is 1240. The van der Waals surface area contributed by atoms with Gasteiger partial charge in [-0.05, 0) is 58.0 Å². The highest BCUT2D eigenvalue weighted by Gasteiger charge is 2.28. The van der Waals surface area contributed by atoms with Crippen molar-refractivity contribution >= 4 is 46.4 Å². The number of nitrogens with one attached hydrogen (secondary N) is 2. The standard InChI is InChI=1S/C23H24Cl2FN7O2/c1-32-8-6-14(7-9-32)33-12-13(10-28-33)29-23-27-11-16(22(31-23)35-15-2-3-15)21(34)30-20-17(24)4-5-18(26)19(20)25/h4-5,10-12,14-15H,2-3,6-9H2,1H3,(H,30,34)(H,27,29,31). The van der Waals surface area contributed by atoms with Gasteiger partial charge in [0.1, 0.15) is 22.5 Å². The van der Waals surface area contributed by atoms with Crippen molar-refractivity contribution in [3.63, 3.8) is 0 Å². The molecule has 0 spiro atoms. The van der Waals surface area contributed by atoms with E-state index >= 15 is 0 Å². The van der Waals surface area contributed by atoms with Crippen LogP contribution < -0.4 is 15.4 Å². The first-order valence-electron chi connectivity index (χ1n) is 11.4. The molecule has 3 aromatic rings. The van der Waals surface area contributed by atoms with Gasteiger partial charge in [-0.25, -0.2) is 9.37 Å². The van der Waals surface area contributed by atoms with Crippen molar-refractivity contribution in [1.82, 2.24) is 24.6 Å². The van der Waals surface area contributed by atoms with Crippen molar-refractivity contribution in [3.8, 4) is 5.88 Å². The molecular formula is C23H24Cl2FN7O2. The Morgan fingerprint density at radius 1 is 1.17 bits per heavy atom. The number of hydrogen-bond acceptors (Lipinski definition) is 7. The molecule has 0 atom stereocenters. The van der Waals surface area contributed by atoms with Gasteiger partial charge in [0.25, 0.3) is 5.91 Å². The average Bonchev–Trinajstić information content (AvgIpc) is 3.54. The van der Waals surface area contributed by atoms with Crippen LogP contribution in [0.15, 0.2) is 30.7 Å². The molecule has 5 rings (SSSR count). The van der Waals surface area contributed by atoms with Crippen LogP contribution in [0.2, 0.25) is 10.0 Å². The second kappa shape index (κ2) is 9.96. The predicted molar refractivity (Wildman–Crippen MR) is 131 cm³/mol. The van der Waals surface area contributed by atoms with Crippen molar-refractivity contribution in [3.05, 3.63) is 52.1 Å². The maximum absolute atomic E-state index is 13.9. The zero-order valence-corrected chi connectivity index (χ0v) is 20.5. The van der Waals surface area contributed by atoms with Gasteiger partial charge in [0.05, 0.1) is 28.6 Å². The molecule has 0 unspecified atom stereocenters. The van der Waals surface area contributed by atoms with Gasteiger partial charge >= 0.3 is 0 Å². The molecule has 2 aromatic heterocycles. The minimum Gasteiger partial charge on any atom is -0.474 e. The third kappa shape index (κ3) is 5.50. The number of hydrogen-bond donors (Lipinski definition) is 2. The number of rotatable bonds is 7. The van der Waals surface area contributed by atoms with Gasteiger partial charge in [-0.3, -0.25) is 9.48 Å². The van der Waals surface area contributed by atoms with E-state index in [4.69, 9.17) is 27.9 Å². The zero-order chi connectivity index (χ0) is 24.5. The number of anilines is 3. The Balaban J connectivity index is 1.34. The Morgan fingerprint density at radius 2 is 1.94 bits per heavy atom. The molecule has 1 aliphatic heterocycles. The molecule has 12 heteroatoms. The number of carbonyl (C=O) groups is 1. The summed E-state index contributed by atoms with van der Waals surface area (Å²) in [5.41, 5.74) is 0.789. The predicted octanol–water partition coefficient (Wildman–Crippen LogP) is 4.92. The summed E-state index contributed by atoms with van der Waals surface area (Å²) in [6.45, 7) is 2.07. The summed E-state index contributed by atoms with van der Waals surface area (Å²) < 4.78 is 21.7. The first-order valence-corrected chi connectivity index (χ1v) is 12.1. The first-order chi connectivity index (χ1) is 16.9. The van der Waals surface area contributed by atoms with E-state index < -0.39 is 11.7 Å². The molecule has 1 amide bonds. The number of ether oxygens (including phenoxy) is 1. The number of piperidine rings is 1. The van der Waals surface area contributed by atoms with Gasteiger partial charge in [0.15, 0.2) is 0 Å². The molecule has 1 saturated carbocycles. The van der Waals surface area contributed by atoms with Crippen LogP contribution in [0.5, 0.6) is 5.88 Å². The number of likely N-dealkylation sites (tertiary alicyclic amines) is 1. The summed E-state index contributed by atoms with van der Waals surface area (Å²) in [5.74, 6) is -0.926. The van der Waals surface area contributed by atoms with Crippen molar-refractivity contribution < 1.29 is 13.9 Å². The van der Waals surface area contributed by atoms with Crippen LogP contribution in [0, 0.1) is 5.82 Å². The molecule has 1 saturated heterocycles. The van der Waals surface area contributed by atoms with E-state index in [1.54, 1.807) is 6.20 Å². The molecule has 2 fully saturated rings. The number of nitrogens with zero attached hydrogens (tertiary/aromatic N) is 5. The largest absolute Gasteiger partial charge is 0.474 e. The summed E-state index contributed by atoms with van der Waals surface area (Å²) in [4.78, 5) is 24.0. The fourth-order valence-corrected chi connectivity index (χ4v) is 4.29. The highest BCUT2D eigenvalue weighted by molar-refractivity contribution is 6.40. The lowest BCUT2D eigenvalue weighted by molar-refractivity contribution is 0.102. The van der Waals surface area contributed by atoms with Gasteiger partial charge in [0, 0.05) is 12.4 Å². The lowest BCUT2D eigenvalue weighted by Crippen LogP contribution is -2.31. The lowest BCUT2D eigenvalue weighted by Gasteiger charge is -2.28. The van der Waals surface area contributed by atoms with Gasteiger partial charge in [-0.15, -0.1) is 0 Å². The van der Waals surface area contributed by atoms with Gasteiger partial charge in [-0.2, -0.15) is 10.1 Å². The Labute approximate surface area is 211 Å². The second-order valence-electron chi connectivity index (χ2n) is 8.77. The van der Waals surface area contributed by atoms with Crippen LogP contribution in [0.1, 0.15) is 42.1 Å². The van der Waals surface area contributed by atoms with Crippen molar-refractivity contribution in [1.29, 1.82) is 0 Å². The lowest BCUT2D eigenvalue weighted by atomic mass is 10.1. The molecule has 1 aliphatic carbocycles. The Hall–Kier alpha value is -2.95. The maximum atomic E-state index is 13.9. The molecule has 3 heterocycles. The fraction of sp³-hybridized carbons (Fsp3) is 0.391. The van der Waals surface area contributed by atoms with E-state index in [1.165, 1.54) is 12.3 Å². The second-order valence-corrected chi connectivity index (χ2v) is 9.56. The third-order valence-corrected chi connectivity index (χ3v) is 6.69. The monoisotopic (exact) mass is 519 g/mol. The molecule has 2 aliphatic rings. The van der Waals surface area contributed by atoms with E-state index in [2.05, 4.69) is 37.6 Å². The quantitative estimate of drug-likeness (QED) is 0.427. The molecule has 0 radical (unpaired) electrons. The number of benzene rings is 1. The zero-order valence-electron chi connectivity index (χ0n) is 19.0. The summed E-state index contributed by atoms with van der Waals surface area (Å²) in [5, 5.41) is 9.98. The molecular weight excluding hydrogens is 496 g/mol. The van der Waals surface area contributed by atoms with Gasteiger partial charge < -0.3 is 20.3 Å². The third-order valence-electron chi connectivity index (χ3n) is 6.00. The molecule has 2 N–H and O–H groups in total. The molecule has 1 aromatic carbocycles. The van der Waals surface area contributed by atoms with Crippen LogP contribution in [0.4, 0.5) is 21.7 Å². The van der Waals surface area contributed by atoms with E-state index in [-0.39, 0.29) is 39.2 Å². The van der Waals surface area contributed by atoms with Crippen LogP contribution in [-0.2, 0) is 0 Å². The van der Waals surface area contributed by atoms with Crippen molar-refractivity contribution in [2.24, 2.45) is 0 Å². The van der Waals surface area contributed by atoms with E-state index in [0.29, 0.717) is 6.04 Å². The van der Waals surface area contributed by atoms with Gasteiger partial charge in [0.2, 0.25) is 11.8 Å². The normalized spacial score (nSPS) is 16.8. The van der Waals surface area contributed by atoms with Crippen LogP contribution in [0.25, 0.3) is 0 Å². The smallest absolute Gasteiger partial charge is 0.262 e. The molecule has 9 nitrogen and oxygen atoms in total. The minimum absolute atomic E-state index is 0.0159. The Kier molecular flexibility index (Phi) is 6.77. The van der Waals surface area contributed by atoms with E-state index in [0.717, 1.165) is 50.5 Å². The fourth-order valence-electron chi connectivity index (χ4n) is 3.83. The average molecular weight is 520 g/mol. The number of amides is 1. The summed E-state index contributed by atoms with van der Waals surface area (Å²) in [6.07, 6.45) is 8.81. The SMILES string of the molecule is CN1CCC(n2cc(Nc3ncc(C(=O)Nc4c(Cl)ccc(F)c4Cl)c(OC4CC4)n3)cn2)CC1. The van der Waals surface area contributed by atoms with Gasteiger partial charge in [-0.1, -0.05) is 23.2 Å². The first kappa shape index (κ1) is 23.8. The molecule has 0 bridgehead atoms. The molecule has 184 valence electrons. The highest BCUT2D eigenvalue weighted by atomic mass is 35.5. The topological polar surface area (TPSA) is 97.2 Å². The minimum atomic E-state index is -0.697. The van der Waals surface area contributed by atoms with Crippen molar-refractivity contribution in [2.75, 3.05) is 30.8 Å². The Morgan fingerprint density at radius 3 is 2.69 bits per heavy atom. The summed E-state index contributed by atoms with van der Waals surface area (Å²) >= 11 is 12.1. The summed E-state index contributed by atoms with van der Waals surface area (Å²) in [6, 6.07) is 2.79. The van der Waals surface area contributed by atoms with Crippen LogP contribution >= 0.6 is 23.2 Å². The van der Waals surface area contributed by atoms with E-state index in [9.17, 15) is 9.18 Å². The van der Waals surface area contributed by atoms with Crippen LogP contribution in [0.3, 0.4) is 0 Å². The highest BCUT2D eigenvalue weighted by Crippen LogP contribution is 2.34.